The first-order valence-corrected chi connectivity index (χ1v) is 5.23. The van der Waals surface area contributed by atoms with E-state index in [9.17, 15) is 0 Å². The van der Waals surface area contributed by atoms with Crippen molar-refractivity contribution in [3.63, 3.8) is 0 Å². The van der Waals surface area contributed by atoms with Gasteiger partial charge in [0.1, 0.15) is 0 Å². The maximum absolute atomic E-state index is 5.76. The van der Waals surface area contributed by atoms with Crippen LogP contribution in [0.5, 0.6) is 0 Å². The van der Waals surface area contributed by atoms with Crippen LogP contribution in [-0.4, -0.2) is 13.2 Å². The molecule has 78 valence electrons. The molecule has 2 N–H and O–H groups in total. The minimum absolute atomic E-state index is 0.655. The largest absolute Gasteiger partial charge is 0.377 e. The first-order chi connectivity index (χ1) is 6.83. The molecule has 0 bridgehead atoms. The molecule has 1 aromatic carbocycles. The van der Waals surface area contributed by atoms with Crippen LogP contribution < -0.4 is 5.73 Å². The van der Waals surface area contributed by atoms with E-state index in [1.54, 1.807) is 0 Å². The summed E-state index contributed by atoms with van der Waals surface area (Å²) in [5.74, 6) is 0. The summed E-state index contributed by atoms with van der Waals surface area (Å²) >= 11 is 5.76. The zero-order valence-electron chi connectivity index (χ0n) is 8.21. The highest BCUT2D eigenvalue weighted by Gasteiger charge is 1.93. The molecule has 0 atom stereocenters. The summed E-state index contributed by atoms with van der Waals surface area (Å²) in [5.41, 5.74) is 6.52. The van der Waals surface area contributed by atoms with Crippen LogP contribution in [0.25, 0.3) is 0 Å². The third kappa shape index (κ3) is 4.61. The van der Waals surface area contributed by atoms with Crippen LogP contribution >= 0.6 is 11.6 Å². The van der Waals surface area contributed by atoms with Gasteiger partial charge in [0.05, 0.1) is 6.61 Å². The van der Waals surface area contributed by atoms with E-state index < -0.39 is 0 Å². The van der Waals surface area contributed by atoms with Crippen LogP contribution in [0.4, 0.5) is 0 Å². The number of ether oxygens (including phenoxy) is 1. The first-order valence-electron chi connectivity index (χ1n) is 4.85. The second-order valence-electron chi connectivity index (χ2n) is 3.17. The molecule has 14 heavy (non-hydrogen) atoms. The highest BCUT2D eigenvalue weighted by molar-refractivity contribution is 6.30. The Morgan fingerprint density at radius 1 is 1.14 bits per heavy atom. The summed E-state index contributed by atoms with van der Waals surface area (Å²) in [6, 6.07) is 7.71. The van der Waals surface area contributed by atoms with Crippen molar-refractivity contribution < 1.29 is 4.74 Å². The fourth-order valence-corrected chi connectivity index (χ4v) is 1.25. The van der Waals surface area contributed by atoms with Crippen LogP contribution in [0, 0.1) is 0 Å². The monoisotopic (exact) mass is 213 g/mol. The lowest BCUT2D eigenvalue weighted by Crippen LogP contribution is -2.01. The summed E-state index contributed by atoms with van der Waals surface area (Å²) in [5, 5.41) is 0.761. The van der Waals surface area contributed by atoms with Crippen LogP contribution in [-0.2, 0) is 11.3 Å². The van der Waals surface area contributed by atoms with Gasteiger partial charge < -0.3 is 10.5 Å². The van der Waals surface area contributed by atoms with Gasteiger partial charge in [-0.1, -0.05) is 23.7 Å². The highest BCUT2D eigenvalue weighted by atomic mass is 35.5. The summed E-state index contributed by atoms with van der Waals surface area (Å²) in [6.07, 6.45) is 2.06. The Balaban J connectivity index is 2.15. The molecule has 0 spiro atoms. The van der Waals surface area contributed by atoms with Gasteiger partial charge in [-0.25, -0.2) is 0 Å². The Morgan fingerprint density at radius 3 is 2.50 bits per heavy atom. The Hall–Kier alpha value is -0.570. The molecule has 1 rings (SSSR count). The fraction of sp³-hybridized carbons (Fsp3) is 0.455. The molecule has 3 heteroatoms. The molecule has 0 saturated carbocycles. The number of hydrogen-bond acceptors (Lipinski definition) is 2. The third-order valence-corrected chi connectivity index (χ3v) is 2.18. The van der Waals surface area contributed by atoms with E-state index in [-0.39, 0.29) is 0 Å². The third-order valence-electron chi connectivity index (χ3n) is 1.92. The van der Waals surface area contributed by atoms with Crippen molar-refractivity contribution >= 4 is 11.6 Å². The molecule has 0 aliphatic rings. The molecular weight excluding hydrogens is 198 g/mol. The topological polar surface area (TPSA) is 35.2 Å². The van der Waals surface area contributed by atoms with Gasteiger partial charge in [0.25, 0.3) is 0 Å². The Morgan fingerprint density at radius 2 is 1.86 bits per heavy atom. The first kappa shape index (κ1) is 11.5. The average molecular weight is 214 g/mol. The molecule has 0 saturated heterocycles. The summed E-state index contributed by atoms with van der Waals surface area (Å²) in [7, 11) is 0. The maximum atomic E-state index is 5.76. The number of benzene rings is 1. The van der Waals surface area contributed by atoms with E-state index in [1.807, 2.05) is 24.3 Å². The SMILES string of the molecule is NCCCCOCc1ccc(Cl)cc1. The van der Waals surface area contributed by atoms with Crippen LogP contribution in [0.1, 0.15) is 18.4 Å². The van der Waals surface area contributed by atoms with Crippen molar-refractivity contribution in [2.24, 2.45) is 5.73 Å². The minimum Gasteiger partial charge on any atom is -0.377 e. The summed E-state index contributed by atoms with van der Waals surface area (Å²) in [4.78, 5) is 0. The number of hydrogen-bond donors (Lipinski definition) is 1. The van der Waals surface area contributed by atoms with Crippen molar-refractivity contribution in [3.05, 3.63) is 34.9 Å². The van der Waals surface area contributed by atoms with Gasteiger partial charge in [0, 0.05) is 11.6 Å². The van der Waals surface area contributed by atoms with Crippen molar-refractivity contribution in [2.75, 3.05) is 13.2 Å². The lowest BCUT2D eigenvalue weighted by atomic mass is 10.2. The highest BCUT2D eigenvalue weighted by Crippen LogP contribution is 2.10. The van der Waals surface area contributed by atoms with Crippen molar-refractivity contribution in [1.29, 1.82) is 0 Å². The van der Waals surface area contributed by atoms with E-state index in [4.69, 9.17) is 22.1 Å². The molecule has 0 heterocycles. The van der Waals surface area contributed by atoms with Gasteiger partial charge in [0.2, 0.25) is 0 Å². The molecule has 0 fully saturated rings. The second kappa shape index (κ2) is 6.82. The molecule has 0 aliphatic carbocycles. The number of unbranched alkanes of at least 4 members (excludes halogenated alkanes) is 1. The van der Waals surface area contributed by atoms with Crippen molar-refractivity contribution in [2.45, 2.75) is 19.4 Å². The van der Waals surface area contributed by atoms with E-state index >= 15 is 0 Å². The molecule has 0 aliphatic heterocycles. The Labute approximate surface area is 90.0 Å². The van der Waals surface area contributed by atoms with Gasteiger partial charge in [-0.3, -0.25) is 0 Å². The van der Waals surface area contributed by atoms with Gasteiger partial charge >= 0.3 is 0 Å². The van der Waals surface area contributed by atoms with Gasteiger partial charge in [0.15, 0.2) is 0 Å². The number of nitrogens with two attached hydrogens (primary N) is 1. The van der Waals surface area contributed by atoms with Crippen molar-refractivity contribution in [1.82, 2.24) is 0 Å². The van der Waals surface area contributed by atoms with Gasteiger partial charge in [-0.05, 0) is 37.1 Å². The molecule has 0 amide bonds. The lowest BCUT2D eigenvalue weighted by Gasteiger charge is -2.03. The molecule has 2 nitrogen and oxygen atoms in total. The fourth-order valence-electron chi connectivity index (χ4n) is 1.12. The molecule has 0 aromatic heterocycles. The van der Waals surface area contributed by atoms with Crippen molar-refractivity contribution in [3.8, 4) is 0 Å². The van der Waals surface area contributed by atoms with Crippen LogP contribution in [0.15, 0.2) is 24.3 Å². The standard InChI is InChI=1S/C11H16ClNO/c12-11-5-3-10(4-6-11)9-14-8-2-1-7-13/h3-6H,1-2,7-9,13H2. The number of rotatable bonds is 6. The molecule has 1 aromatic rings. The lowest BCUT2D eigenvalue weighted by molar-refractivity contribution is 0.117. The Kier molecular flexibility index (Phi) is 5.60. The smallest absolute Gasteiger partial charge is 0.0716 e. The molecule has 0 radical (unpaired) electrons. The minimum atomic E-state index is 0.655. The number of halogens is 1. The zero-order chi connectivity index (χ0) is 10.2. The quantitative estimate of drug-likeness (QED) is 0.738. The summed E-state index contributed by atoms with van der Waals surface area (Å²) < 4.78 is 5.46. The predicted octanol–water partition coefficient (Wildman–Crippen LogP) is 2.60. The van der Waals surface area contributed by atoms with E-state index in [0.717, 1.165) is 36.6 Å². The zero-order valence-corrected chi connectivity index (χ0v) is 8.96. The van der Waals surface area contributed by atoms with Crippen LogP contribution in [0.2, 0.25) is 5.02 Å². The maximum Gasteiger partial charge on any atom is 0.0716 e. The molecule has 0 unspecified atom stereocenters. The second-order valence-corrected chi connectivity index (χ2v) is 3.61. The van der Waals surface area contributed by atoms with Gasteiger partial charge in [-0.15, -0.1) is 0 Å². The van der Waals surface area contributed by atoms with E-state index in [1.165, 1.54) is 0 Å². The van der Waals surface area contributed by atoms with Crippen LogP contribution in [0.3, 0.4) is 0 Å². The van der Waals surface area contributed by atoms with E-state index in [2.05, 4.69) is 0 Å². The Bertz CT molecular complexity index is 248. The van der Waals surface area contributed by atoms with E-state index in [0.29, 0.717) is 6.61 Å². The molecular formula is C11H16ClNO. The predicted molar refractivity (Wildman–Crippen MR) is 59.4 cm³/mol. The van der Waals surface area contributed by atoms with Gasteiger partial charge in [-0.2, -0.15) is 0 Å². The summed E-state index contributed by atoms with van der Waals surface area (Å²) in [6.45, 7) is 2.17. The normalized spacial score (nSPS) is 10.4. The average Bonchev–Trinajstić information content (AvgIpc) is 2.21.